The number of rotatable bonds is 5. The molecule has 3 nitrogen and oxygen atoms in total. The normalized spacial score (nSPS) is 11.8. The van der Waals surface area contributed by atoms with Gasteiger partial charge in [-0.15, -0.1) is 0 Å². The summed E-state index contributed by atoms with van der Waals surface area (Å²) in [7, 11) is 0. The highest BCUT2D eigenvalue weighted by Gasteiger charge is 2.20. The third-order valence-corrected chi connectivity index (χ3v) is 3.72. The lowest BCUT2D eigenvalue weighted by atomic mass is 10.1. The number of amides is 1. The molecule has 0 heterocycles. The highest BCUT2D eigenvalue weighted by Crippen LogP contribution is 2.25. The van der Waals surface area contributed by atoms with Gasteiger partial charge in [-0.1, -0.05) is 48.4 Å². The van der Waals surface area contributed by atoms with Gasteiger partial charge in [0.2, 0.25) is 0 Å². The Bertz CT molecular complexity index is 670. The molecule has 1 amide bonds. The van der Waals surface area contributed by atoms with Crippen LogP contribution in [0.3, 0.4) is 0 Å². The van der Waals surface area contributed by atoms with Crippen molar-refractivity contribution in [3.8, 4) is 5.75 Å². The number of carbonyl (C=O) groups is 1. The second kappa shape index (κ2) is 7.32. The Balaban J connectivity index is 2.10. The van der Waals surface area contributed by atoms with Gasteiger partial charge in [0.25, 0.3) is 5.91 Å². The fourth-order valence-corrected chi connectivity index (χ4v) is 2.36. The van der Waals surface area contributed by atoms with E-state index in [-0.39, 0.29) is 5.91 Å². The van der Waals surface area contributed by atoms with Crippen LogP contribution in [0.2, 0.25) is 5.02 Å². The molecule has 0 spiro atoms. The quantitative estimate of drug-likeness (QED) is 0.864. The highest BCUT2D eigenvalue weighted by molar-refractivity contribution is 6.32. The van der Waals surface area contributed by atoms with E-state index in [1.165, 1.54) is 0 Å². The van der Waals surface area contributed by atoms with Gasteiger partial charge in [-0.3, -0.25) is 4.79 Å². The lowest BCUT2D eigenvalue weighted by Gasteiger charge is -2.19. The predicted octanol–water partition coefficient (Wildman–Crippen LogP) is 4.75. The van der Waals surface area contributed by atoms with Crippen molar-refractivity contribution in [2.45, 2.75) is 33.3 Å². The number of ether oxygens (including phenoxy) is 1. The Hall–Kier alpha value is -2.00. The van der Waals surface area contributed by atoms with Gasteiger partial charge in [-0.25, -0.2) is 0 Å². The van der Waals surface area contributed by atoms with E-state index >= 15 is 0 Å². The molecule has 1 atom stereocenters. The summed E-state index contributed by atoms with van der Waals surface area (Å²) in [6, 6.07) is 13.1. The largest absolute Gasteiger partial charge is 0.479 e. The van der Waals surface area contributed by atoms with Crippen molar-refractivity contribution in [3.63, 3.8) is 0 Å². The highest BCUT2D eigenvalue weighted by atomic mass is 35.5. The van der Waals surface area contributed by atoms with Gasteiger partial charge in [0.05, 0.1) is 5.02 Å². The van der Waals surface area contributed by atoms with E-state index < -0.39 is 6.10 Å². The first-order chi connectivity index (χ1) is 10.5. The second-order valence-corrected chi connectivity index (χ2v) is 5.66. The van der Waals surface area contributed by atoms with Gasteiger partial charge in [0.1, 0.15) is 5.75 Å². The maximum absolute atomic E-state index is 12.4. The van der Waals surface area contributed by atoms with E-state index in [0.29, 0.717) is 17.2 Å². The molecule has 0 aliphatic rings. The molecule has 0 aliphatic carbocycles. The first-order valence-electron chi connectivity index (χ1n) is 7.30. The summed E-state index contributed by atoms with van der Waals surface area (Å²) in [5.74, 6) is 0.348. The van der Waals surface area contributed by atoms with Crippen LogP contribution in [0.1, 0.15) is 24.5 Å². The molecule has 0 bridgehead atoms. The molecule has 2 aromatic carbocycles. The fourth-order valence-electron chi connectivity index (χ4n) is 2.18. The number of benzene rings is 2. The van der Waals surface area contributed by atoms with Crippen molar-refractivity contribution < 1.29 is 9.53 Å². The van der Waals surface area contributed by atoms with Crippen LogP contribution in [0.4, 0.5) is 5.69 Å². The molecular formula is C18H20ClNO2. The summed E-state index contributed by atoms with van der Waals surface area (Å²) in [5.41, 5.74) is 2.99. The second-order valence-electron chi connectivity index (χ2n) is 5.25. The molecule has 0 unspecified atom stereocenters. The number of aryl methyl sites for hydroxylation is 2. The Kier molecular flexibility index (Phi) is 5.45. The van der Waals surface area contributed by atoms with E-state index in [0.717, 1.165) is 16.8 Å². The molecule has 0 saturated carbocycles. The molecule has 0 aliphatic heterocycles. The maximum Gasteiger partial charge on any atom is 0.265 e. The summed E-state index contributed by atoms with van der Waals surface area (Å²) in [6.07, 6.45) is -0.0253. The smallest absolute Gasteiger partial charge is 0.265 e. The Labute approximate surface area is 136 Å². The van der Waals surface area contributed by atoms with Crippen LogP contribution in [-0.2, 0) is 4.79 Å². The van der Waals surface area contributed by atoms with E-state index in [1.54, 1.807) is 12.1 Å². The first-order valence-corrected chi connectivity index (χ1v) is 7.68. The topological polar surface area (TPSA) is 38.3 Å². The van der Waals surface area contributed by atoms with Crippen molar-refractivity contribution in [2.24, 2.45) is 0 Å². The van der Waals surface area contributed by atoms with Crippen molar-refractivity contribution in [1.82, 2.24) is 0 Å². The van der Waals surface area contributed by atoms with Gasteiger partial charge in [-0.2, -0.15) is 0 Å². The Morgan fingerprint density at radius 3 is 2.59 bits per heavy atom. The van der Waals surface area contributed by atoms with E-state index in [4.69, 9.17) is 16.3 Å². The van der Waals surface area contributed by atoms with Crippen LogP contribution in [0.15, 0.2) is 42.5 Å². The fraction of sp³-hybridized carbons (Fsp3) is 0.278. The van der Waals surface area contributed by atoms with Crippen LogP contribution in [0.25, 0.3) is 0 Å². The van der Waals surface area contributed by atoms with Crippen molar-refractivity contribution >= 4 is 23.2 Å². The van der Waals surface area contributed by atoms with Crippen LogP contribution < -0.4 is 10.1 Å². The number of carbonyl (C=O) groups excluding carboxylic acids is 1. The minimum absolute atomic E-state index is 0.172. The molecular weight excluding hydrogens is 298 g/mol. The predicted molar refractivity (Wildman–Crippen MR) is 90.7 cm³/mol. The number of hydrogen-bond donors (Lipinski definition) is 1. The van der Waals surface area contributed by atoms with Gasteiger partial charge in [0.15, 0.2) is 6.10 Å². The summed E-state index contributed by atoms with van der Waals surface area (Å²) >= 11 is 6.08. The lowest BCUT2D eigenvalue weighted by Crippen LogP contribution is -2.32. The molecule has 0 radical (unpaired) electrons. The maximum atomic E-state index is 12.4. The molecule has 22 heavy (non-hydrogen) atoms. The summed E-state index contributed by atoms with van der Waals surface area (Å²) in [6.45, 7) is 5.90. The number of hydrogen-bond acceptors (Lipinski definition) is 2. The molecule has 0 aromatic heterocycles. The van der Waals surface area contributed by atoms with E-state index in [2.05, 4.69) is 5.32 Å². The average Bonchev–Trinajstić information content (AvgIpc) is 2.49. The molecule has 2 rings (SSSR count). The van der Waals surface area contributed by atoms with Crippen molar-refractivity contribution in [3.05, 3.63) is 58.6 Å². The van der Waals surface area contributed by atoms with E-state index in [9.17, 15) is 4.79 Å². The minimum atomic E-state index is -0.583. The zero-order chi connectivity index (χ0) is 16.1. The zero-order valence-electron chi connectivity index (χ0n) is 13.0. The molecule has 0 fully saturated rings. The molecule has 116 valence electrons. The van der Waals surface area contributed by atoms with Crippen LogP contribution in [-0.4, -0.2) is 12.0 Å². The van der Waals surface area contributed by atoms with Crippen molar-refractivity contribution in [2.75, 3.05) is 5.32 Å². The standard InChI is InChI=1S/C18H20ClNO2/c1-4-16(22-17-8-6-5-7-14(17)19)18(21)20-15-10-9-12(2)11-13(15)3/h5-11,16H,4H2,1-3H3,(H,20,21)/t16-/m0/s1. The molecule has 0 saturated heterocycles. The van der Waals surface area contributed by atoms with Gasteiger partial charge in [-0.05, 0) is 44.0 Å². The minimum Gasteiger partial charge on any atom is -0.479 e. The van der Waals surface area contributed by atoms with Gasteiger partial charge < -0.3 is 10.1 Å². The number of para-hydroxylation sites is 1. The summed E-state index contributed by atoms with van der Waals surface area (Å²) in [5, 5.41) is 3.42. The molecule has 1 N–H and O–H groups in total. The average molecular weight is 318 g/mol. The third-order valence-electron chi connectivity index (χ3n) is 3.41. The van der Waals surface area contributed by atoms with E-state index in [1.807, 2.05) is 51.1 Å². The summed E-state index contributed by atoms with van der Waals surface area (Å²) in [4.78, 5) is 12.4. The first kappa shape index (κ1) is 16.4. The molecule has 4 heteroatoms. The summed E-state index contributed by atoms with van der Waals surface area (Å²) < 4.78 is 5.75. The number of nitrogens with one attached hydrogen (secondary N) is 1. The number of halogens is 1. The third kappa shape index (κ3) is 4.01. The Morgan fingerprint density at radius 1 is 1.23 bits per heavy atom. The van der Waals surface area contributed by atoms with Crippen LogP contribution in [0, 0.1) is 13.8 Å². The lowest BCUT2D eigenvalue weighted by molar-refractivity contribution is -0.122. The monoisotopic (exact) mass is 317 g/mol. The molecule has 2 aromatic rings. The SMILES string of the molecule is CC[C@H](Oc1ccccc1Cl)C(=O)Nc1ccc(C)cc1C. The Morgan fingerprint density at radius 2 is 1.95 bits per heavy atom. The number of anilines is 1. The van der Waals surface area contributed by atoms with Crippen LogP contribution >= 0.6 is 11.6 Å². The zero-order valence-corrected chi connectivity index (χ0v) is 13.8. The van der Waals surface area contributed by atoms with Crippen molar-refractivity contribution in [1.29, 1.82) is 0 Å². The van der Waals surface area contributed by atoms with Crippen LogP contribution in [0.5, 0.6) is 5.75 Å². The van der Waals surface area contributed by atoms with Gasteiger partial charge >= 0.3 is 0 Å². The van der Waals surface area contributed by atoms with Gasteiger partial charge in [0, 0.05) is 5.69 Å².